The Morgan fingerprint density at radius 2 is 1.69 bits per heavy atom. The maximum absolute atomic E-state index is 12.4. The van der Waals surface area contributed by atoms with Gasteiger partial charge >= 0.3 is 12.0 Å². The molecular weight excluding hydrogens is 332 g/mol. The monoisotopic (exact) mass is 354 g/mol. The molecule has 0 saturated heterocycles. The van der Waals surface area contributed by atoms with Crippen molar-refractivity contribution in [2.45, 2.75) is 26.4 Å². The highest BCUT2D eigenvalue weighted by Gasteiger charge is 2.26. The van der Waals surface area contributed by atoms with Gasteiger partial charge in [-0.3, -0.25) is 14.9 Å². The molecular formula is C20H22N2O4. The van der Waals surface area contributed by atoms with E-state index < -0.39 is 24.0 Å². The number of amides is 3. The summed E-state index contributed by atoms with van der Waals surface area (Å²) in [7, 11) is 1.39. The van der Waals surface area contributed by atoms with Crippen molar-refractivity contribution in [2.75, 3.05) is 7.05 Å². The number of rotatable bonds is 5. The summed E-state index contributed by atoms with van der Waals surface area (Å²) in [4.78, 5) is 36.1. The summed E-state index contributed by atoms with van der Waals surface area (Å²) < 4.78 is 5.39. The van der Waals surface area contributed by atoms with Crippen molar-refractivity contribution in [1.82, 2.24) is 10.6 Å². The molecule has 1 atom stereocenters. The Bertz CT molecular complexity index is 803. The zero-order valence-corrected chi connectivity index (χ0v) is 15.0. The second kappa shape index (κ2) is 8.80. The summed E-state index contributed by atoms with van der Waals surface area (Å²) in [6.07, 6.45) is -1.16. The smallest absolute Gasteiger partial charge is 0.321 e. The van der Waals surface area contributed by atoms with Gasteiger partial charge in [0, 0.05) is 12.6 Å². The average Bonchev–Trinajstić information content (AvgIpc) is 2.63. The van der Waals surface area contributed by atoms with Gasteiger partial charge in [-0.25, -0.2) is 4.79 Å². The molecule has 2 N–H and O–H groups in total. The molecule has 0 radical (unpaired) electrons. The van der Waals surface area contributed by atoms with Crippen LogP contribution < -0.4 is 10.6 Å². The fourth-order valence-electron chi connectivity index (χ4n) is 2.39. The number of hydrogen-bond donors (Lipinski definition) is 2. The van der Waals surface area contributed by atoms with Crippen LogP contribution in [-0.4, -0.2) is 25.0 Å². The van der Waals surface area contributed by atoms with E-state index in [9.17, 15) is 14.4 Å². The molecule has 0 aliphatic rings. The number of esters is 1. The number of carbonyl (C=O) groups is 3. The molecule has 3 amide bonds. The highest BCUT2D eigenvalue weighted by Crippen LogP contribution is 2.19. The maximum atomic E-state index is 12.4. The third kappa shape index (κ3) is 5.17. The molecule has 2 aromatic carbocycles. The molecule has 0 heterocycles. The van der Waals surface area contributed by atoms with Crippen molar-refractivity contribution in [2.24, 2.45) is 0 Å². The lowest BCUT2D eigenvalue weighted by molar-refractivity contribution is -0.155. The topological polar surface area (TPSA) is 84.5 Å². The second-order valence-electron chi connectivity index (χ2n) is 5.94. The van der Waals surface area contributed by atoms with Crippen molar-refractivity contribution < 1.29 is 19.1 Å². The first-order valence-corrected chi connectivity index (χ1v) is 8.24. The summed E-state index contributed by atoms with van der Waals surface area (Å²) in [6, 6.07) is 13.6. The second-order valence-corrected chi connectivity index (χ2v) is 5.94. The van der Waals surface area contributed by atoms with Crippen molar-refractivity contribution in [1.29, 1.82) is 0 Å². The zero-order chi connectivity index (χ0) is 19.1. The molecule has 0 saturated carbocycles. The van der Waals surface area contributed by atoms with E-state index in [1.54, 1.807) is 30.3 Å². The van der Waals surface area contributed by atoms with Crippen LogP contribution in [0.1, 0.15) is 28.4 Å². The van der Waals surface area contributed by atoms with Gasteiger partial charge in [-0.05, 0) is 30.5 Å². The van der Waals surface area contributed by atoms with Crippen LogP contribution >= 0.6 is 0 Å². The van der Waals surface area contributed by atoms with E-state index in [1.165, 1.54) is 7.05 Å². The minimum absolute atomic E-state index is 0.0394. The lowest BCUT2D eigenvalue weighted by Crippen LogP contribution is -2.41. The third-order valence-electron chi connectivity index (χ3n) is 3.97. The number of aryl methyl sites for hydroxylation is 2. The summed E-state index contributed by atoms with van der Waals surface area (Å²) in [5.41, 5.74) is 3.50. The van der Waals surface area contributed by atoms with Gasteiger partial charge in [0.15, 0.2) is 0 Å². The molecule has 0 fully saturated rings. The Morgan fingerprint density at radius 3 is 2.31 bits per heavy atom. The summed E-state index contributed by atoms with van der Waals surface area (Å²) in [5.74, 6) is -1.25. The van der Waals surface area contributed by atoms with Crippen LogP contribution in [0.3, 0.4) is 0 Å². The molecule has 6 nitrogen and oxygen atoms in total. The van der Waals surface area contributed by atoms with E-state index >= 15 is 0 Å². The Kier molecular flexibility index (Phi) is 6.49. The molecule has 136 valence electrons. The molecule has 0 aliphatic carbocycles. The number of imide groups is 1. The quantitative estimate of drug-likeness (QED) is 0.808. The van der Waals surface area contributed by atoms with Crippen molar-refractivity contribution in [3.63, 3.8) is 0 Å². The van der Waals surface area contributed by atoms with Gasteiger partial charge < -0.3 is 10.1 Å². The van der Waals surface area contributed by atoms with Gasteiger partial charge in [0.05, 0.1) is 6.42 Å². The number of urea groups is 1. The van der Waals surface area contributed by atoms with E-state index in [-0.39, 0.29) is 6.42 Å². The highest BCUT2D eigenvalue weighted by atomic mass is 16.5. The minimum Gasteiger partial charge on any atom is -0.447 e. The molecule has 6 heteroatoms. The largest absolute Gasteiger partial charge is 0.447 e. The van der Waals surface area contributed by atoms with E-state index in [0.717, 1.165) is 16.7 Å². The van der Waals surface area contributed by atoms with Crippen molar-refractivity contribution >= 4 is 17.9 Å². The van der Waals surface area contributed by atoms with Gasteiger partial charge in [0.25, 0.3) is 5.91 Å². The first-order chi connectivity index (χ1) is 12.4. The van der Waals surface area contributed by atoms with Crippen molar-refractivity contribution in [3.8, 4) is 0 Å². The van der Waals surface area contributed by atoms with Crippen LogP contribution in [0.2, 0.25) is 0 Å². The summed E-state index contributed by atoms with van der Waals surface area (Å²) >= 11 is 0. The standard InChI is InChI=1S/C20H22N2O4/c1-13-9-10-15(11-14(13)2)12-17(23)26-18(16-7-5-4-6-8-16)19(24)22-20(25)21-3/h4-11,18H,12H2,1-3H3,(H2,21,22,24,25)/t18-/m0/s1. The SMILES string of the molecule is CNC(=O)NC(=O)[C@@H](OC(=O)Cc1ccc(C)c(C)c1)c1ccccc1. The number of carbonyl (C=O) groups excluding carboxylic acids is 3. The Hall–Kier alpha value is -3.15. The van der Waals surface area contributed by atoms with Gasteiger partial charge in [-0.15, -0.1) is 0 Å². The Morgan fingerprint density at radius 1 is 1.00 bits per heavy atom. The molecule has 2 rings (SSSR count). The van der Waals surface area contributed by atoms with Crippen LogP contribution in [0.25, 0.3) is 0 Å². The lowest BCUT2D eigenvalue weighted by atomic mass is 10.0. The van der Waals surface area contributed by atoms with Gasteiger partial charge in [-0.2, -0.15) is 0 Å². The minimum atomic E-state index is -1.20. The third-order valence-corrected chi connectivity index (χ3v) is 3.97. The van der Waals surface area contributed by atoms with Gasteiger partial charge in [-0.1, -0.05) is 48.5 Å². The van der Waals surface area contributed by atoms with Crippen LogP contribution in [0.15, 0.2) is 48.5 Å². The predicted octanol–water partition coefficient (Wildman–Crippen LogP) is 2.59. The fraction of sp³-hybridized carbons (Fsp3) is 0.250. The predicted molar refractivity (Wildman–Crippen MR) is 97.5 cm³/mol. The molecule has 0 bridgehead atoms. The highest BCUT2D eigenvalue weighted by molar-refractivity contribution is 5.97. The zero-order valence-electron chi connectivity index (χ0n) is 15.0. The van der Waals surface area contributed by atoms with Gasteiger partial charge in [0.2, 0.25) is 6.10 Å². The Labute approximate surface area is 152 Å². The van der Waals surface area contributed by atoms with E-state index in [4.69, 9.17) is 4.74 Å². The maximum Gasteiger partial charge on any atom is 0.321 e. The fourth-order valence-corrected chi connectivity index (χ4v) is 2.39. The summed E-state index contributed by atoms with van der Waals surface area (Å²) in [6.45, 7) is 3.96. The normalized spacial score (nSPS) is 11.3. The van der Waals surface area contributed by atoms with Crippen LogP contribution in [0.5, 0.6) is 0 Å². The Balaban J connectivity index is 2.14. The first kappa shape index (κ1) is 19.2. The van der Waals surface area contributed by atoms with E-state index in [1.807, 2.05) is 32.0 Å². The molecule has 0 unspecified atom stereocenters. The summed E-state index contributed by atoms with van der Waals surface area (Å²) in [5, 5.41) is 4.44. The van der Waals surface area contributed by atoms with Crippen LogP contribution in [0, 0.1) is 13.8 Å². The molecule has 0 aliphatic heterocycles. The molecule has 0 aromatic heterocycles. The van der Waals surface area contributed by atoms with Crippen molar-refractivity contribution in [3.05, 3.63) is 70.8 Å². The number of hydrogen-bond acceptors (Lipinski definition) is 4. The van der Waals surface area contributed by atoms with E-state index in [2.05, 4.69) is 10.6 Å². The molecule has 2 aromatic rings. The first-order valence-electron chi connectivity index (χ1n) is 8.24. The number of benzene rings is 2. The number of ether oxygens (including phenoxy) is 1. The molecule has 26 heavy (non-hydrogen) atoms. The van der Waals surface area contributed by atoms with Crippen LogP contribution in [-0.2, 0) is 20.7 Å². The number of nitrogens with one attached hydrogen (secondary N) is 2. The molecule has 0 spiro atoms. The van der Waals surface area contributed by atoms with E-state index in [0.29, 0.717) is 5.56 Å². The van der Waals surface area contributed by atoms with Crippen LogP contribution in [0.4, 0.5) is 4.79 Å². The average molecular weight is 354 g/mol. The van der Waals surface area contributed by atoms with Gasteiger partial charge in [0.1, 0.15) is 0 Å². The lowest BCUT2D eigenvalue weighted by Gasteiger charge is -2.17.